The van der Waals surface area contributed by atoms with Crippen LogP contribution >= 0.6 is 0 Å². The molecule has 4 rings (SSSR count). The van der Waals surface area contributed by atoms with Gasteiger partial charge in [-0.15, -0.1) is 0 Å². The van der Waals surface area contributed by atoms with Crippen LogP contribution in [-0.4, -0.2) is 39.0 Å². The summed E-state index contributed by atoms with van der Waals surface area (Å²) in [4.78, 5) is 21.3. The van der Waals surface area contributed by atoms with Crippen molar-refractivity contribution in [3.8, 4) is 23.0 Å². The maximum atomic E-state index is 12.7. The van der Waals surface area contributed by atoms with E-state index >= 15 is 0 Å². The van der Waals surface area contributed by atoms with Gasteiger partial charge >= 0.3 is 0 Å². The van der Waals surface area contributed by atoms with E-state index in [4.69, 9.17) is 18.9 Å². The van der Waals surface area contributed by atoms with Crippen molar-refractivity contribution in [1.82, 2.24) is 0 Å². The van der Waals surface area contributed by atoms with Gasteiger partial charge in [-0.1, -0.05) is 18.2 Å². The molecule has 0 saturated carbocycles. The molecule has 0 radical (unpaired) electrons. The third-order valence-corrected chi connectivity index (χ3v) is 4.59. The van der Waals surface area contributed by atoms with Crippen LogP contribution in [-0.2, 0) is 11.2 Å². The van der Waals surface area contributed by atoms with Gasteiger partial charge in [-0.05, 0) is 24.1 Å². The largest absolute Gasteiger partial charge is 0.496 e. The number of carbonyl (C=O) groups is 1. The standard InChI is InChI=1S/C20H18N2O5/c1-24-15-10-17(26-3)16(25-2)9-12(15)18-21-19(23)13-8-11-6-4-5-7-14(11)27-20(13)22-18/h4-7,9-10,13H,8H2,1-3H3. The molecule has 0 aliphatic carbocycles. The SMILES string of the molecule is COc1cc(OC)c(C2=NC(=O)C3Cc4ccccc4OC3=N2)cc1OC. The lowest BCUT2D eigenvalue weighted by Gasteiger charge is -2.27. The first-order valence-corrected chi connectivity index (χ1v) is 8.42. The van der Waals surface area contributed by atoms with Gasteiger partial charge in [0.15, 0.2) is 17.3 Å². The van der Waals surface area contributed by atoms with E-state index in [0.717, 1.165) is 5.56 Å². The lowest BCUT2D eigenvalue weighted by molar-refractivity contribution is -0.120. The smallest absolute Gasteiger partial charge is 0.260 e. The first-order chi connectivity index (χ1) is 13.1. The highest BCUT2D eigenvalue weighted by molar-refractivity contribution is 6.20. The molecular weight excluding hydrogens is 348 g/mol. The maximum absolute atomic E-state index is 12.7. The average molecular weight is 366 g/mol. The summed E-state index contributed by atoms with van der Waals surface area (Å²) in [7, 11) is 4.60. The number of ether oxygens (including phenoxy) is 4. The molecule has 2 aromatic carbocycles. The van der Waals surface area contributed by atoms with Crippen molar-refractivity contribution in [2.24, 2.45) is 15.9 Å². The van der Waals surface area contributed by atoms with Gasteiger partial charge in [0, 0.05) is 6.07 Å². The Bertz CT molecular complexity index is 980. The van der Waals surface area contributed by atoms with Crippen LogP contribution < -0.4 is 18.9 Å². The van der Waals surface area contributed by atoms with Crippen LogP contribution in [0.5, 0.6) is 23.0 Å². The molecule has 0 saturated heterocycles. The molecule has 138 valence electrons. The summed E-state index contributed by atoms with van der Waals surface area (Å²) in [6.07, 6.45) is 0.522. The van der Waals surface area contributed by atoms with E-state index in [1.54, 1.807) is 12.1 Å². The van der Waals surface area contributed by atoms with Gasteiger partial charge < -0.3 is 18.9 Å². The number of hydrogen-bond acceptors (Lipinski definition) is 6. The normalized spacial score (nSPS) is 17.7. The second-order valence-corrected chi connectivity index (χ2v) is 6.10. The molecule has 0 spiro atoms. The molecule has 0 bridgehead atoms. The Balaban J connectivity index is 1.78. The third-order valence-electron chi connectivity index (χ3n) is 4.59. The zero-order valence-corrected chi connectivity index (χ0v) is 15.2. The Labute approximate surface area is 156 Å². The Morgan fingerprint density at radius 2 is 1.67 bits per heavy atom. The fourth-order valence-corrected chi connectivity index (χ4v) is 3.19. The molecule has 2 aromatic rings. The predicted molar refractivity (Wildman–Crippen MR) is 99.3 cm³/mol. The fourth-order valence-electron chi connectivity index (χ4n) is 3.19. The van der Waals surface area contributed by atoms with Crippen LogP contribution in [0, 0.1) is 5.92 Å². The van der Waals surface area contributed by atoms with Crippen molar-refractivity contribution in [3.63, 3.8) is 0 Å². The van der Waals surface area contributed by atoms with Crippen LogP contribution in [0.4, 0.5) is 0 Å². The molecule has 1 unspecified atom stereocenters. The molecule has 7 heteroatoms. The number of amides is 1. The van der Waals surface area contributed by atoms with Crippen LogP contribution in [0.15, 0.2) is 46.4 Å². The lowest BCUT2D eigenvalue weighted by Crippen LogP contribution is -2.37. The van der Waals surface area contributed by atoms with Gasteiger partial charge in [-0.25, -0.2) is 0 Å². The molecule has 27 heavy (non-hydrogen) atoms. The molecule has 0 N–H and O–H groups in total. The summed E-state index contributed by atoms with van der Waals surface area (Å²) in [6.45, 7) is 0. The topological polar surface area (TPSA) is 78.7 Å². The second-order valence-electron chi connectivity index (χ2n) is 6.10. The molecule has 2 heterocycles. The van der Waals surface area contributed by atoms with E-state index in [-0.39, 0.29) is 11.7 Å². The van der Waals surface area contributed by atoms with Crippen LogP contribution in [0.25, 0.3) is 0 Å². The number of rotatable bonds is 4. The molecule has 0 fully saturated rings. The molecule has 7 nitrogen and oxygen atoms in total. The molecular formula is C20H18N2O5. The fraction of sp³-hybridized carbons (Fsp3) is 0.250. The van der Waals surface area contributed by atoms with Gasteiger partial charge in [-0.2, -0.15) is 9.98 Å². The van der Waals surface area contributed by atoms with Gasteiger partial charge in [0.1, 0.15) is 17.4 Å². The van der Waals surface area contributed by atoms with E-state index in [1.807, 2.05) is 24.3 Å². The Hall–Kier alpha value is -3.35. The summed E-state index contributed by atoms with van der Waals surface area (Å²) in [6, 6.07) is 11.0. The van der Waals surface area contributed by atoms with Gasteiger partial charge in [0.25, 0.3) is 5.91 Å². The highest BCUT2D eigenvalue weighted by atomic mass is 16.5. The number of methoxy groups -OCH3 is 3. The average Bonchev–Trinajstić information content (AvgIpc) is 2.71. The molecule has 1 atom stereocenters. The van der Waals surface area contributed by atoms with Crippen molar-refractivity contribution in [1.29, 1.82) is 0 Å². The first-order valence-electron chi connectivity index (χ1n) is 8.42. The highest BCUT2D eigenvalue weighted by Crippen LogP contribution is 2.37. The Kier molecular flexibility index (Phi) is 4.27. The number of para-hydroxylation sites is 1. The maximum Gasteiger partial charge on any atom is 0.260 e. The van der Waals surface area contributed by atoms with Crippen molar-refractivity contribution >= 4 is 17.6 Å². The number of amidine groups is 1. The Morgan fingerprint density at radius 1 is 0.963 bits per heavy atom. The second kappa shape index (κ2) is 6.75. The van der Waals surface area contributed by atoms with E-state index < -0.39 is 5.92 Å². The summed E-state index contributed by atoms with van der Waals surface area (Å²) in [5.74, 6) is 1.95. The van der Waals surface area contributed by atoms with Crippen LogP contribution in [0.1, 0.15) is 11.1 Å². The number of hydrogen-bond donors (Lipinski definition) is 0. The molecule has 0 aromatic heterocycles. The summed E-state index contributed by atoms with van der Waals surface area (Å²) in [5, 5.41) is 0. The lowest BCUT2D eigenvalue weighted by atomic mass is 9.94. The van der Waals surface area contributed by atoms with Gasteiger partial charge in [-0.3, -0.25) is 4.79 Å². The van der Waals surface area contributed by atoms with Gasteiger partial charge in [0.2, 0.25) is 5.90 Å². The highest BCUT2D eigenvalue weighted by Gasteiger charge is 2.36. The van der Waals surface area contributed by atoms with Crippen molar-refractivity contribution in [2.75, 3.05) is 21.3 Å². The molecule has 2 aliphatic heterocycles. The third kappa shape index (κ3) is 2.91. The minimum atomic E-state index is -0.505. The number of aliphatic imine (C=N–C) groups is 2. The minimum Gasteiger partial charge on any atom is -0.496 e. The van der Waals surface area contributed by atoms with Crippen LogP contribution in [0.3, 0.4) is 0 Å². The van der Waals surface area contributed by atoms with Crippen molar-refractivity contribution in [2.45, 2.75) is 6.42 Å². The summed E-state index contributed by atoms with van der Waals surface area (Å²) in [5.41, 5.74) is 1.49. The number of fused-ring (bicyclic) bond motifs is 2. The number of carbonyl (C=O) groups excluding carboxylic acids is 1. The molecule has 1 amide bonds. The van der Waals surface area contributed by atoms with E-state index in [0.29, 0.717) is 40.9 Å². The number of nitrogens with zero attached hydrogens (tertiary/aromatic N) is 2. The van der Waals surface area contributed by atoms with E-state index in [2.05, 4.69) is 9.98 Å². The summed E-state index contributed by atoms with van der Waals surface area (Å²) >= 11 is 0. The molecule has 2 aliphatic rings. The van der Waals surface area contributed by atoms with E-state index in [9.17, 15) is 4.79 Å². The summed E-state index contributed by atoms with van der Waals surface area (Å²) < 4.78 is 22.0. The van der Waals surface area contributed by atoms with E-state index in [1.165, 1.54) is 21.3 Å². The van der Waals surface area contributed by atoms with Crippen LogP contribution in [0.2, 0.25) is 0 Å². The minimum absolute atomic E-state index is 0.225. The monoisotopic (exact) mass is 366 g/mol. The Morgan fingerprint density at radius 3 is 2.41 bits per heavy atom. The van der Waals surface area contributed by atoms with Gasteiger partial charge in [0.05, 0.1) is 26.9 Å². The predicted octanol–water partition coefficient (Wildman–Crippen LogP) is 2.65. The number of benzene rings is 2. The zero-order valence-electron chi connectivity index (χ0n) is 15.2. The van der Waals surface area contributed by atoms with Crippen molar-refractivity contribution < 1.29 is 23.7 Å². The quantitative estimate of drug-likeness (QED) is 0.831. The first kappa shape index (κ1) is 17.1. The van der Waals surface area contributed by atoms with Crippen molar-refractivity contribution in [3.05, 3.63) is 47.5 Å². The zero-order chi connectivity index (χ0) is 19.0.